The number of rotatable bonds is 6. The van der Waals surface area contributed by atoms with Gasteiger partial charge in [-0.2, -0.15) is 5.10 Å². The van der Waals surface area contributed by atoms with Gasteiger partial charge in [0.2, 0.25) is 5.91 Å². The average molecular weight is 339 g/mol. The fourth-order valence-electron chi connectivity index (χ4n) is 2.24. The van der Waals surface area contributed by atoms with Crippen LogP contribution in [-0.2, 0) is 11.3 Å². The second-order valence-electron chi connectivity index (χ2n) is 5.56. The monoisotopic (exact) mass is 338 g/mol. The smallest absolute Gasteiger partial charge is 0.238 e. The van der Waals surface area contributed by atoms with Gasteiger partial charge in [0, 0.05) is 16.8 Å². The van der Waals surface area contributed by atoms with Gasteiger partial charge in [0.15, 0.2) is 0 Å². The molecule has 5 nitrogen and oxygen atoms in total. The summed E-state index contributed by atoms with van der Waals surface area (Å²) in [5.74, 6) is -0.868. The highest BCUT2D eigenvalue weighted by Crippen LogP contribution is 2.18. The van der Waals surface area contributed by atoms with Crippen molar-refractivity contribution in [2.75, 3.05) is 11.9 Å². The number of aromatic nitrogens is 2. The number of nitrogens with zero attached hydrogens (tertiary/aromatic N) is 2. The number of carbonyl (C=O) groups excluding carboxylic acids is 1. The van der Waals surface area contributed by atoms with Crippen LogP contribution in [0.4, 0.5) is 10.1 Å². The molecule has 0 fully saturated rings. The molecule has 0 radical (unpaired) electrons. The average Bonchev–Trinajstić information content (AvgIpc) is 2.78. The fourth-order valence-corrected chi connectivity index (χ4v) is 2.39. The van der Waals surface area contributed by atoms with Gasteiger partial charge in [-0.15, -0.1) is 0 Å². The van der Waals surface area contributed by atoms with Crippen molar-refractivity contribution in [2.45, 2.75) is 33.4 Å². The van der Waals surface area contributed by atoms with Gasteiger partial charge >= 0.3 is 0 Å². The van der Waals surface area contributed by atoms with E-state index in [1.807, 2.05) is 31.5 Å². The van der Waals surface area contributed by atoms with E-state index in [2.05, 4.69) is 15.7 Å². The Kier molecular flexibility index (Phi) is 5.74. The van der Waals surface area contributed by atoms with Crippen molar-refractivity contribution in [1.29, 1.82) is 0 Å². The van der Waals surface area contributed by atoms with Crippen LogP contribution >= 0.6 is 11.6 Å². The van der Waals surface area contributed by atoms with Gasteiger partial charge in [-0.25, -0.2) is 4.39 Å². The molecule has 0 aliphatic carbocycles. The molecule has 2 aromatic rings. The van der Waals surface area contributed by atoms with E-state index in [4.69, 9.17) is 11.6 Å². The number of hydrogen-bond donors (Lipinski definition) is 2. The number of nitrogens with one attached hydrogen (secondary N) is 2. The van der Waals surface area contributed by atoms with E-state index in [9.17, 15) is 9.18 Å². The van der Waals surface area contributed by atoms with Crippen LogP contribution in [0.3, 0.4) is 0 Å². The van der Waals surface area contributed by atoms with Crippen molar-refractivity contribution in [3.8, 4) is 0 Å². The molecular weight excluding hydrogens is 319 g/mol. The van der Waals surface area contributed by atoms with Crippen molar-refractivity contribution < 1.29 is 9.18 Å². The Morgan fingerprint density at radius 3 is 2.74 bits per heavy atom. The summed E-state index contributed by atoms with van der Waals surface area (Å²) in [4.78, 5) is 11.9. The van der Waals surface area contributed by atoms with E-state index in [-0.39, 0.29) is 29.2 Å². The minimum Gasteiger partial charge on any atom is -0.322 e. The van der Waals surface area contributed by atoms with Gasteiger partial charge < -0.3 is 10.6 Å². The molecule has 1 atom stereocenters. The molecule has 0 saturated carbocycles. The van der Waals surface area contributed by atoms with Crippen LogP contribution in [0.2, 0.25) is 5.02 Å². The number of anilines is 1. The van der Waals surface area contributed by atoms with Crippen LogP contribution in [0.5, 0.6) is 0 Å². The van der Waals surface area contributed by atoms with Crippen LogP contribution in [0.1, 0.15) is 18.3 Å². The van der Waals surface area contributed by atoms with Crippen molar-refractivity contribution >= 4 is 23.2 Å². The first-order chi connectivity index (χ1) is 10.8. The zero-order valence-electron chi connectivity index (χ0n) is 13.4. The van der Waals surface area contributed by atoms with E-state index in [1.54, 1.807) is 0 Å². The highest BCUT2D eigenvalue weighted by atomic mass is 35.5. The van der Waals surface area contributed by atoms with E-state index in [1.165, 1.54) is 12.1 Å². The quantitative estimate of drug-likeness (QED) is 0.851. The minimum absolute atomic E-state index is 0.0498. The van der Waals surface area contributed by atoms with Gasteiger partial charge in [0.25, 0.3) is 0 Å². The standard InChI is InChI=1S/C16H20ClFN4O/c1-10-6-12(3)22(21-10)9-11(2)19-8-16(23)20-15-5-4-13(17)7-14(15)18/h4-7,11,19H,8-9H2,1-3H3,(H,20,23)/t11-/m1/s1. The molecule has 23 heavy (non-hydrogen) atoms. The second-order valence-corrected chi connectivity index (χ2v) is 6.00. The Labute approximate surface area is 139 Å². The lowest BCUT2D eigenvalue weighted by Gasteiger charge is -2.15. The van der Waals surface area contributed by atoms with Crippen LogP contribution in [0, 0.1) is 19.7 Å². The molecule has 1 heterocycles. The topological polar surface area (TPSA) is 59.0 Å². The highest BCUT2D eigenvalue weighted by molar-refractivity contribution is 6.30. The van der Waals surface area contributed by atoms with E-state index in [0.29, 0.717) is 6.54 Å². The summed E-state index contributed by atoms with van der Waals surface area (Å²) >= 11 is 5.67. The normalized spacial score (nSPS) is 12.2. The first-order valence-electron chi connectivity index (χ1n) is 7.34. The molecule has 2 rings (SSSR count). The molecule has 0 aliphatic rings. The maximum atomic E-state index is 13.6. The molecular formula is C16H20ClFN4O. The molecule has 1 aromatic carbocycles. The Hall–Kier alpha value is -1.92. The largest absolute Gasteiger partial charge is 0.322 e. The molecule has 2 N–H and O–H groups in total. The number of halogens is 2. The molecule has 1 aromatic heterocycles. The molecule has 124 valence electrons. The maximum absolute atomic E-state index is 13.6. The second kappa shape index (κ2) is 7.57. The molecule has 0 unspecified atom stereocenters. The van der Waals surface area contributed by atoms with E-state index in [0.717, 1.165) is 17.5 Å². The van der Waals surface area contributed by atoms with Crippen molar-refractivity contribution in [3.63, 3.8) is 0 Å². The van der Waals surface area contributed by atoms with Gasteiger partial charge in [0.1, 0.15) is 5.82 Å². The van der Waals surface area contributed by atoms with Crippen LogP contribution in [0.25, 0.3) is 0 Å². The lowest BCUT2D eigenvalue weighted by atomic mass is 10.3. The number of hydrogen-bond acceptors (Lipinski definition) is 3. The summed E-state index contributed by atoms with van der Waals surface area (Å²) in [6.07, 6.45) is 0. The van der Waals surface area contributed by atoms with Crippen molar-refractivity contribution in [3.05, 3.63) is 46.5 Å². The lowest BCUT2D eigenvalue weighted by Crippen LogP contribution is -2.37. The predicted octanol–water partition coefficient (Wildman–Crippen LogP) is 2.91. The van der Waals surface area contributed by atoms with Crippen molar-refractivity contribution in [1.82, 2.24) is 15.1 Å². The Bertz CT molecular complexity index is 701. The van der Waals surface area contributed by atoms with Crippen LogP contribution in [-0.4, -0.2) is 28.3 Å². The third-order valence-corrected chi connectivity index (χ3v) is 3.60. The van der Waals surface area contributed by atoms with E-state index < -0.39 is 5.82 Å². The lowest BCUT2D eigenvalue weighted by molar-refractivity contribution is -0.115. The van der Waals surface area contributed by atoms with Gasteiger partial charge in [-0.1, -0.05) is 11.6 Å². The minimum atomic E-state index is -0.554. The number of aryl methyl sites for hydroxylation is 2. The van der Waals surface area contributed by atoms with Crippen LogP contribution in [0.15, 0.2) is 24.3 Å². The van der Waals surface area contributed by atoms with Gasteiger partial charge in [-0.05, 0) is 45.0 Å². The van der Waals surface area contributed by atoms with Crippen molar-refractivity contribution in [2.24, 2.45) is 0 Å². The van der Waals surface area contributed by atoms with Gasteiger partial charge in [0.05, 0.1) is 24.5 Å². The zero-order chi connectivity index (χ0) is 17.0. The SMILES string of the molecule is Cc1cc(C)n(C[C@@H](C)NCC(=O)Nc2ccc(Cl)cc2F)n1. The summed E-state index contributed by atoms with van der Waals surface area (Å²) in [6, 6.07) is 6.18. The number of amides is 1. The Morgan fingerprint density at radius 1 is 1.39 bits per heavy atom. The summed E-state index contributed by atoms with van der Waals surface area (Å²) in [5.41, 5.74) is 2.15. The summed E-state index contributed by atoms with van der Waals surface area (Å²) in [7, 11) is 0. The highest BCUT2D eigenvalue weighted by Gasteiger charge is 2.11. The first-order valence-corrected chi connectivity index (χ1v) is 7.72. The Balaban J connectivity index is 1.83. The third kappa shape index (κ3) is 5.04. The summed E-state index contributed by atoms with van der Waals surface area (Å²) in [6.45, 7) is 6.63. The van der Waals surface area contributed by atoms with E-state index >= 15 is 0 Å². The molecule has 0 spiro atoms. The molecule has 7 heteroatoms. The molecule has 0 aliphatic heterocycles. The number of benzene rings is 1. The summed E-state index contributed by atoms with van der Waals surface area (Å²) in [5, 5.41) is 10.3. The fraction of sp³-hybridized carbons (Fsp3) is 0.375. The number of carbonyl (C=O) groups is 1. The van der Waals surface area contributed by atoms with Crippen LogP contribution < -0.4 is 10.6 Å². The van der Waals surface area contributed by atoms with Gasteiger partial charge in [-0.3, -0.25) is 9.48 Å². The zero-order valence-corrected chi connectivity index (χ0v) is 14.1. The predicted molar refractivity (Wildman–Crippen MR) is 89.2 cm³/mol. The summed E-state index contributed by atoms with van der Waals surface area (Å²) < 4.78 is 15.5. The third-order valence-electron chi connectivity index (χ3n) is 3.37. The molecule has 0 saturated heterocycles. The maximum Gasteiger partial charge on any atom is 0.238 e. The Morgan fingerprint density at radius 2 is 2.13 bits per heavy atom. The molecule has 0 bridgehead atoms. The molecule has 1 amide bonds. The first kappa shape index (κ1) is 17.4.